The molecule has 2 aromatic rings. The molecule has 0 atom stereocenters. The summed E-state index contributed by atoms with van der Waals surface area (Å²) in [5, 5.41) is 4.19. The first-order chi connectivity index (χ1) is 8.83. The second-order valence-electron chi connectivity index (χ2n) is 4.85. The highest BCUT2D eigenvalue weighted by Gasteiger charge is 2.17. The fraction of sp³-hybridized carbons (Fsp3) is 0.462. The second-order valence-corrected chi connectivity index (χ2v) is 4.85. The smallest absolute Gasteiger partial charge is 0.158 e. The highest BCUT2D eigenvalue weighted by Crippen LogP contribution is 2.21. The van der Waals surface area contributed by atoms with E-state index in [0.29, 0.717) is 0 Å². The monoisotopic (exact) mass is 243 g/mol. The average molecular weight is 243 g/mol. The van der Waals surface area contributed by atoms with Gasteiger partial charge in [-0.15, -0.1) is 0 Å². The number of aromatic nitrogens is 4. The molecule has 5 heteroatoms. The molecule has 3 rings (SSSR count). The van der Waals surface area contributed by atoms with Crippen LogP contribution in [0, 0.1) is 5.92 Å². The summed E-state index contributed by atoms with van der Waals surface area (Å²) in [6.45, 7) is 4.47. The molecule has 0 bridgehead atoms. The maximum Gasteiger partial charge on any atom is 0.158 e. The summed E-state index contributed by atoms with van der Waals surface area (Å²) >= 11 is 0. The lowest BCUT2D eigenvalue weighted by molar-refractivity contribution is 0.436. The molecular weight excluding hydrogens is 226 g/mol. The Morgan fingerprint density at radius 1 is 1.17 bits per heavy atom. The number of rotatable bonds is 2. The van der Waals surface area contributed by atoms with Gasteiger partial charge in [-0.1, -0.05) is 6.92 Å². The molecule has 94 valence electrons. The summed E-state index contributed by atoms with van der Waals surface area (Å²) in [6.07, 6.45) is 7.74. The van der Waals surface area contributed by atoms with Crippen LogP contribution in [0.1, 0.15) is 19.8 Å². The van der Waals surface area contributed by atoms with Crippen molar-refractivity contribution >= 4 is 5.82 Å². The molecule has 3 heterocycles. The van der Waals surface area contributed by atoms with E-state index in [-0.39, 0.29) is 0 Å². The molecule has 5 nitrogen and oxygen atoms in total. The van der Waals surface area contributed by atoms with Crippen LogP contribution in [-0.4, -0.2) is 32.8 Å². The zero-order valence-electron chi connectivity index (χ0n) is 10.5. The molecule has 1 saturated heterocycles. The molecule has 2 aromatic heterocycles. The van der Waals surface area contributed by atoms with Crippen LogP contribution in [0.3, 0.4) is 0 Å². The molecule has 0 amide bonds. The Bertz CT molecular complexity index is 500. The van der Waals surface area contributed by atoms with Crippen LogP contribution in [0.25, 0.3) is 5.82 Å². The fourth-order valence-electron chi connectivity index (χ4n) is 2.28. The summed E-state index contributed by atoms with van der Waals surface area (Å²) in [4.78, 5) is 11.0. The number of nitrogens with zero attached hydrogens (tertiary/aromatic N) is 5. The zero-order chi connectivity index (χ0) is 12.4. The van der Waals surface area contributed by atoms with Gasteiger partial charge in [-0.25, -0.2) is 14.6 Å². The highest BCUT2D eigenvalue weighted by atomic mass is 15.3. The van der Waals surface area contributed by atoms with Crippen LogP contribution in [0.4, 0.5) is 5.82 Å². The van der Waals surface area contributed by atoms with Crippen molar-refractivity contribution in [3.8, 4) is 5.82 Å². The van der Waals surface area contributed by atoms with Gasteiger partial charge in [0.1, 0.15) is 12.1 Å². The van der Waals surface area contributed by atoms with E-state index in [1.807, 2.05) is 18.3 Å². The molecule has 0 spiro atoms. The van der Waals surface area contributed by atoms with Gasteiger partial charge < -0.3 is 4.90 Å². The van der Waals surface area contributed by atoms with E-state index in [2.05, 4.69) is 26.9 Å². The first-order valence-electron chi connectivity index (χ1n) is 6.40. The van der Waals surface area contributed by atoms with Crippen LogP contribution in [0.15, 0.2) is 30.9 Å². The molecular formula is C13H17N5. The lowest BCUT2D eigenvalue weighted by atomic mass is 9.99. The van der Waals surface area contributed by atoms with Gasteiger partial charge >= 0.3 is 0 Å². The minimum absolute atomic E-state index is 0.823. The Hall–Kier alpha value is -1.91. The largest absolute Gasteiger partial charge is 0.356 e. The molecule has 0 unspecified atom stereocenters. The summed E-state index contributed by atoms with van der Waals surface area (Å²) in [5.41, 5.74) is 0. The van der Waals surface area contributed by atoms with E-state index < -0.39 is 0 Å². The van der Waals surface area contributed by atoms with Gasteiger partial charge in [-0.2, -0.15) is 5.10 Å². The first-order valence-corrected chi connectivity index (χ1v) is 6.40. The van der Waals surface area contributed by atoms with Crippen molar-refractivity contribution in [2.24, 2.45) is 5.92 Å². The first kappa shape index (κ1) is 11.2. The highest BCUT2D eigenvalue weighted by molar-refractivity contribution is 5.43. The second kappa shape index (κ2) is 4.76. The third-order valence-electron chi connectivity index (χ3n) is 3.48. The Kier molecular flexibility index (Phi) is 2.96. The van der Waals surface area contributed by atoms with Crippen molar-refractivity contribution in [2.75, 3.05) is 18.0 Å². The molecule has 1 fully saturated rings. The Balaban J connectivity index is 1.83. The van der Waals surface area contributed by atoms with Gasteiger partial charge in [0.05, 0.1) is 0 Å². The van der Waals surface area contributed by atoms with E-state index in [1.165, 1.54) is 12.8 Å². The Morgan fingerprint density at radius 3 is 2.67 bits per heavy atom. The molecule has 0 saturated carbocycles. The molecule has 0 aromatic carbocycles. The van der Waals surface area contributed by atoms with E-state index in [4.69, 9.17) is 0 Å². The number of piperidine rings is 1. The molecule has 1 aliphatic rings. The summed E-state index contributed by atoms with van der Waals surface area (Å²) in [5.74, 6) is 2.65. The van der Waals surface area contributed by atoms with Crippen LogP contribution >= 0.6 is 0 Å². The average Bonchev–Trinajstić information content (AvgIpc) is 2.94. The van der Waals surface area contributed by atoms with E-state index in [0.717, 1.165) is 30.6 Å². The Labute approximate surface area is 106 Å². The maximum absolute atomic E-state index is 4.37. The number of hydrogen-bond acceptors (Lipinski definition) is 4. The van der Waals surface area contributed by atoms with E-state index in [9.17, 15) is 0 Å². The quantitative estimate of drug-likeness (QED) is 0.808. The maximum atomic E-state index is 4.37. The minimum atomic E-state index is 0.823. The van der Waals surface area contributed by atoms with Gasteiger partial charge in [0.15, 0.2) is 5.82 Å². The van der Waals surface area contributed by atoms with E-state index >= 15 is 0 Å². The van der Waals surface area contributed by atoms with Crippen LogP contribution in [-0.2, 0) is 0 Å². The normalized spacial score (nSPS) is 17.1. The van der Waals surface area contributed by atoms with E-state index in [1.54, 1.807) is 17.2 Å². The third kappa shape index (κ3) is 2.20. The van der Waals surface area contributed by atoms with Crippen molar-refractivity contribution in [2.45, 2.75) is 19.8 Å². The van der Waals surface area contributed by atoms with Crippen molar-refractivity contribution < 1.29 is 0 Å². The lowest BCUT2D eigenvalue weighted by Crippen LogP contribution is -2.33. The number of anilines is 1. The SMILES string of the molecule is CC1CCN(c2cc(-n3cccn3)ncn2)CC1. The van der Waals surface area contributed by atoms with Crippen LogP contribution < -0.4 is 4.90 Å². The van der Waals surface area contributed by atoms with Crippen LogP contribution in [0.5, 0.6) is 0 Å². The minimum Gasteiger partial charge on any atom is -0.356 e. The molecule has 0 radical (unpaired) electrons. The van der Waals surface area contributed by atoms with Crippen molar-refractivity contribution in [3.05, 3.63) is 30.9 Å². The van der Waals surface area contributed by atoms with Crippen LogP contribution in [0.2, 0.25) is 0 Å². The van der Waals surface area contributed by atoms with Gasteiger partial charge in [-0.3, -0.25) is 0 Å². The van der Waals surface area contributed by atoms with Crippen molar-refractivity contribution in [1.29, 1.82) is 0 Å². The predicted molar refractivity (Wildman–Crippen MR) is 69.8 cm³/mol. The summed E-state index contributed by atoms with van der Waals surface area (Å²) < 4.78 is 1.76. The topological polar surface area (TPSA) is 46.8 Å². The van der Waals surface area contributed by atoms with Crippen molar-refractivity contribution in [1.82, 2.24) is 19.7 Å². The van der Waals surface area contributed by atoms with Gasteiger partial charge in [0.25, 0.3) is 0 Å². The fourth-order valence-corrected chi connectivity index (χ4v) is 2.28. The lowest BCUT2D eigenvalue weighted by Gasteiger charge is -2.31. The standard InChI is InChI=1S/C13H17N5/c1-11-3-7-17(8-4-11)12-9-13(15-10-14-12)18-6-2-5-16-18/h2,5-6,9-11H,3-4,7-8H2,1H3. The van der Waals surface area contributed by atoms with Crippen molar-refractivity contribution in [3.63, 3.8) is 0 Å². The zero-order valence-corrected chi connectivity index (χ0v) is 10.5. The molecule has 0 N–H and O–H groups in total. The molecule has 18 heavy (non-hydrogen) atoms. The number of hydrogen-bond donors (Lipinski definition) is 0. The van der Waals surface area contributed by atoms with Gasteiger partial charge in [0.2, 0.25) is 0 Å². The molecule has 0 aliphatic carbocycles. The predicted octanol–water partition coefficient (Wildman–Crippen LogP) is 1.90. The molecule has 1 aliphatic heterocycles. The third-order valence-corrected chi connectivity index (χ3v) is 3.48. The summed E-state index contributed by atoms with van der Waals surface area (Å²) in [7, 11) is 0. The Morgan fingerprint density at radius 2 is 1.94 bits per heavy atom. The van der Waals surface area contributed by atoms with Gasteiger partial charge in [-0.05, 0) is 24.8 Å². The van der Waals surface area contributed by atoms with Gasteiger partial charge in [0, 0.05) is 31.5 Å². The summed E-state index contributed by atoms with van der Waals surface area (Å²) in [6, 6.07) is 3.90.